The quantitative estimate of drug-likeness (QED) is 0.0261. The number of unbranched alkanes of at least 4 members (excludes halogenated alkanes) is 24. The number of carbonyl (C=O) groups is 3. The van der Waals surface area contributed by atoms with Crippen molar-refractivity contribution >= 4 is 17.9 Å². The van der Waals surface area contributed by atoms with Crippen LogP contribution in [0.2, 0.25) is 0 Å². The van der Waals surface area contributed by atoms with Crippen LogP contribution >= 0.6 is 0 Å². The standard InChI is InChI=1S/C69H114O6/c1-4-7-10-13-16-19-22-25-28-31-33-34-36-38-41-44-47-50-53-56-59-62-68(71)74-65-66(64-73-67(70)61-58-55-52-49-46-43-40-37-30-27-24-21-18-15-12-9-6-3)75-69(72)63-60-57-54-51-48-45-42-39-35-32-29-26-23-20-17-14-11-8-5-2/h8-9,11-12,17-18,20-21,26-27,29-31,33,35,39,45,48,54,57,66H,4-7,10,13-16,19,22-25,28,32,34,36-38,40-44,46-47,49-53,55-56,58-65H2,1-3H3/b11-8-,12-9-,20-17-,21-18-,29-26-,30-27-,33-31-,39-35-,48-45-,57-54-. The molecule has 426 valence electrons. The Morgan fingerprint density at radius 1 is 0.280 bits per heavy atom. The van der Waals surface area contributed by atoms with Crippen molar-refractivity contribution in [3.63, 3.8) is 0 Å². The van der Waals surface area contributed by atoms with Crippen molar-refractivity contribution < 1.29 is 28.6 Å². The van der Waals surface area contributed by atoms with Gasteiger partial charge in [0.2, 0.25) is 0 Å². The van der Waals surface area contributed by atoms with Gasteiger partial charge in [-0.2, -0.15) is 0 Å². The van der Waals surface area contributed by atoms with Gasteiger partial charge in [0.15, 0.2) is 6.10 Å². The van der Waals surface area contributed by atoms with Crippen LogP contribution in [0.15, 0.2) is 122 Å². The van der Waals surface area contributed by atoms with Gasteiger partial charge in [0.25, 0.3) is 0 Å². The van der Waals surface area contributed by atoms with Gasteiger partial charge in [0.05, 0.1) is 0 Å². The summed E-state index contributed by atoms with van der Waals surface area (Å²) in [4.78, 5) is 38.3. The number of hydrogen-bond acceptors (Lipinski definition) is 6. The van der Waals surface area contributed by atoms with Gasteiger partial charge >= 0.3 is 17.9 Å². The summed E-state index contributed by atoms with van der Waals surface area (Å²) in [6.07, 6.45) is 86.4. The zero-order chi connectivity index (χ0) is 54.3. The van der Waals surface area contributed by atoms with E-state index in [0.717, 1.165) is 103 Å². The molecule has 0 aromatic rings. The highest BCUT2D eigenvalue weighted by atomic mass is 16.6. The molecule has 0 heterocycles. The molecule has 0 amide bonds. The summed E-state index contributed by atoms with van der Waals surface area (Å²) >= 11 is 0. The lowest BCUT2D eigenvalue weighted by atomic mass is 10.1. The maximum Gasteiger partial charge on any atom is 0.306 e. The van der Waals surface area contributed by atoms with Crippen LogP contribution < -0.4 is 0 Å². The number of carbonyl (C=O) groups excluding carboxylic acids is 3. The van der Waals surface area contributed by atoms with Crippen molar-refractivity contribution in [2.45, 2.75) is 284 Å². The molecule has 0 saturated heterocycles. The molecule has 0 radical (unpaired) electrons. The second-order valence-electron chi connectivity index (χ2n) is 20.2. The number of esters is 3. The molecule has 0 rings (SSSR count). The van der Waals surface area contributed by atoms with E-state index >= 15 is 0 Å². The average Bonchev–Trinajstić information content (AvgIpc) is 3.41. The molecule has 0 fully saturated rings. The smallest absolute Gasteiger partial charge is 0.306 e. The Hall–Kier alpha value is -4.19. The molecule has 75 heavy (non-hydrogen) atoms. The van der Waals surface area contributed by atoms with Crippen LogP contribution in [-0.2, 0) is 28.6 Å². The molecule has 6 heteroatoms. The Labute approximate surface area is 462 Å². The third-order valence-electron chi connectivity index (χ3n) is 12.9. The molecular weight excluding hydrogens is 925 g/mol. The van der Waals surface area contributed by atoms with Gasteiger partial charge in [-0.05, 0) is 116 Å². The third kappa shape index (κ3) is 60.6. The van der Waals surface area contributed by atoms with Crippen LogP contribution in [0.4, 0.5) is 0 Å². The highest BCUT2D eigenvalue weighted by Gasteiger charge is 2.19. The summed E-state index contributed by atoms with van der Waals surface area (Å²) in [5.41, 5.74) is 0. The van der Waals surface area contributed by atoms with Gasteiger partial charge in [-0.1, -0.05) is 264 Å². The molecular formula is C69H114O6. The molecule has 1 atom stereocenters. The minimum absolute atomic E-state index is 0.114. The number of ether oxygens (including phenoxy) is 3. The molecule has 1 unspecified atom stereocenters. The molecule has 0 spiro atoms. The third-order valence-corrected chi connectivity index (χ3v) is 12.9. The second kappa shape index (κ2) is 62.4. The number of allylic oxidation sites excluding steroid dienone is 20. The summed E-state index contributed by atoms with van der Waals surface area (Å²) in [5.74, 6) is -1.01. The van der Waals surface area contributed by atoms with Gasteiger partial charge in [-0.3, -0.25) is 14.4 Å². The monoisotopic (exact) mass is 1040 g/mol. The minimum Gasteiger partial charge on any atom is -0.462 e. The van der Waals surface area contributed by atoms with E-state index in [4.69, 9.17) is 14.2 Å². The number of rotatable bonds is 55. The molecule has 0 bridgehead atoms. The molecule has 6 nitrogen and oxygen atoms in total. The fraction of sp³-hybridized carbons (Fsp3) is 0.667. The van der Waals surface area contributed by atoms with E-state index in [9.17, 15) is 14.4 Å². The maximum atomic E-state index is 12.9. The second-order valence-corrected chi connectivity index (χ2v) is 20.2. The Morgan fingerprint density at radius 3 is 0.880 bits per heavy atom. The Morgan fingerprint density at radius 2 is 0.547 bits per heavy atom. The van der Waals surface area contributed by atoms with Gasteiger partial charge in [0.1, 0.15) is 13.2 Å². The first-order chi connectivity index (χ1) is 37.0. The van der Waals surface area contributed by atoms with E-state index in [1.165, 1.54) is 128 Å². The van der Waals surface area contributed by atoms with Crippen molar-refractivity contribution in [2.24, 2.45) is 0 Å². The van der Waals surface area contributed by atoms with Crippen molar-refractivity contribution in [3.05, 3.63) is 122 Å². The molecule has 0 saturated carbocycles. The van der Waals surface area contributed by atoms with E-state index in [1.807, 2.05) is 6.08 Å². The maximum absolute atomic E-state index is 12.9. The molecule has 0 aliphatic heterocycles. The predicted octanol–water partition coefficient (Wildman–Crippen LogP) is 21.2. The van der Waals surface area contributed by atoms with Crippen LogP contribution in [-0.4, -0.2) is 37.2 Å². The number of hydrogen-bond donors (Lipinski definition) is 0. The van der Waals surface area contributed by atoms with Gasteiger partial charge in [-0.25, -0.2) is 0 Å². The first kappa shape index (κ1) is 70.8. The molecule has 0 aliphatic rings. The lowest BCUT2D eigenvalue weighted by Crippen LogP contribution is -2.30. The zero-order valence-electron chi connectivity index (χ0n) is 48.8. The first-order valence-electron chi connectivity index (χ1n) is 31.0. The van der Waals surface area contributed by atoms with Gasteiger partial charge in [0, 0.05) is 19.3 Å². The van der Waals surface area contributed by atoms with Crippen LogP contribution in [0, 0.1) is 0 Å². The average molecular weight is 1040 g/mol. The van der Waals surface area contributed by atoms with Crippen molar-refractivity contribution in [1.29, 1.82) is 0 Å². The van der Waals surface area contributed by atoms with Crippen molar-refractivity contribution in [3.8, 4) is 0 Å². The molecule has 0 aromatic carbocycles. The highest BCUT2D eigenvalue weighted by Crippen LogP contribution is 2.15. The SMILES string of the molecule is CC/C=C\C/C=C\C/C=C\C/C=C\C/C=C\C/C=C\CCC(=O)OC(COC(=O)CCCCCCCCC/C=C\C/C=C\C/C=C\CC)COC(=O)CCCCCCCCCCC/C=C\CCCCCCCCCC. The van der Waals surface area contributed by atoms with Gasteiger partial charge in [-0.15, -0.1) is 0 Å². The summed E-state index contributed by atoms with van der Waals surface area (Å²) in [6.45, 7) is 6.36. The normalized spacial score (nSPS) is 12.9. The van der Waals surface area contributed by atoms with E-state index in [0.29, 0.717) is 19.3 Å². The predicted molar refractivity (Wildman–Crippen MR) is 325 cm³/mol. The summed E-state index contributed by atoms with van der Waals surface area (Å²) in [5, 5.41) is 0. The summed E-state index contributed by atoms with van der Waals surface area (Å²) < 4.78 is 16.8. The highest BCUT2D eigenvalue weighted by molar-refractivity contribution is 5.71. The van der Waals surface area contributed by atoms with Crippen LogP contribution in [0.3, 0.4) is 0 Å². The Kier molecular flexibility index (Phi) is 58.9. The van der Waals surface area contributed by atoms with Crippen LogP contribution in [0.5, 0.6) is 0 Å². The zero-order valence-corrected chi connectivity index (χ0v) is 48.8. The Balaban J connectivity index is 4.50. The Bertz CT molecular complexity index is 1570. The van der Waals surface area contributed by atoms with E-state index in [-0.39, 0.29) is 31.6 Å². The summed E-state index contributed by atoms with van der Waals surface area (Å²) in [6, 6.07) is 0. The fourth-order valence-electron chi connectivity index (χ4n) is 8.36. The topological polar surface area (TPSA) is 78.9 Å². The largest absolute Gasteiger partial charge is 0.462 e. The van der Waals surface area contributed by atoms with E-state index in [1.54, 1.807) is 0 Å². The van der Waals surface area contributed by atoms with Crippen molar-refractivity contribution in [2.75, 3.05) is 13.2 Å². The van der Waals surface area contributed by atoms with Crippen LogP contribution in [0.1, 0.15) is 278 Å². The summed E-state index contributed by atoms with van der Waals surface area (Å²) in [7, 11) is 0. The minimum atomic E-state index is -0.828. The van der Waals surface area contributed by atoms with E-state index < -0.39 is 12.1 Å². The first-order valence-corrected chi connectivity index (χ1v) is 31.0. The van der Waals surface area contributed by atoms with Crippen molar-refractivity contribution in [1.82, 2.24) is 0 Å². The lowest BCUT2D eigenvalue weighted by Gasteiger charge is -2.18. The molecule has 0 N–H and O–H groups in total. The van der Waals surface area contributed by atoms with E-state index in [2.05, 4.69) is 136 Å². The molecule has 0 aromatic heterocycles. The molecule has 0 aliphatic carbocycles. The van der Waals surface area contributed by atoms with Crippen LogP contribution in [0.25, 0.3) is 0 Å². The lowest BCUT2D eigenvalue weighted by molar-refractivity contribution is -0.166. The van der Waals surface area contributed by atoms with Gasteiger partial charge < -0.3 is 14.2 Å². The fourth-order valence-corrected chi connectivity index (χ4v) is 8.36.